The fourth-order valence-corrected chi connectivity index (χ4v) is 2.70. The van der Waals surface area contributed by atoms with Gasteiger partial charge in [-0.25, -0.2) is 0 Å². The molecule has 148 valence electrons. The van der Waals surface area contributed by atoms with Crippen molar-refractivity contribution in [2.75, 3.05) is 53.5 Å². The molecule has 1 fully saturated rings. The van der Waals surface area contributed by atoms with Gasteiger partial charge in [-0.15, -0.1) is 24.0 Å². The first-order valence-electron chi connectivity index (χ1n) is 9.03. The highest BCUT2D eigenvalue weighted by atomic mass is 127. The average Bonchev–Trinajstić information content (AvgIpc) is 2.63. The Kier molecular flexibility index (Phi) is 11.8. The van der Waals surface area contributed by atoms with Crippen molar-refractivity contribution in [2.24, 2.45) is 10.9 Å². The molecule has 1 aliphatic heterocycles. The van der Waals surface area contributed by atoms with Crippen molar-refractivity contribution in [1.29, 1.82) is 0 Å². The van der Waals surface area contributed by atoms with Crippen LogP contribution in [0.3, 0.4) is 0 Å². The largest absolute Gasteiger partial charge is 0.376 e. The Morgan fingerprint density at radius 3 is 2.81 bits per heavy atom. The number of guanidine groups is 1. The van der Waals surface area contributed by atoms with E-state index in [0.29, 0.717) is 12.5 Å². The van der Waals surface area contributed by atoms with E-state index in [1.807, 2.05) is 18.2 Å². The minimum absolute atomic E-state index is 0. The van der Waals surface area contributed by atoms with Crippen LogP contribution in [0.5, 0.6) is 0 Å². The summed E-state index contributed by atoms with van der Waals surface area (Å²) in [6, 6.07) is 10.3. The van der Waals surface area contributed by atoms with Crippen LogP contribution in [-0.2, 0) is 16.1 Å². The lowest BCUT2D eigenvalue weighted by Gasteiger charge is -2.30. The Hall–Kier alpha value is -0.900. The van der Waals surface area contributed by atoms with Gasteiger partial charge in [-0.3, -0.25) is 4.99 Å². The number of rotatable bonds is 8. The molecular weight excluding hydrogens is 443 g/mol. The highest BCUT2D eigenvalue weighted by Crippen LogP contribution is 2.03. The van der Waals surface area contributed by atoms with Gasteiger partial charge >= 0.3 is 0 Å². The molecule has 1 saturated heterocycles. The SMILES string of the molecule is CN=C(NCC(C)COCc1ccccc1)NCC1CN(C)CCO1.I. The van der Waals surface area contributed by atoms with Crippen molar-refractivity contribution in [3.8, 4) is 0 Å². The summed E-state index contributed by atoms with van der Waals surface area (Å²) in [6.45, 7) is 7.88. The number of hydrogen-bond donors (Lipinski definition) is 2. The summed E-state index contributed by atoms with van der Waals surface area (Å²) < 4.78 is 11.5. The summed E-state index contributed by atoms with van der Waals surface area (Å²) in [5.74, 6) is 1.21. The second-order valence-corrected chi connectivity index (χ2v) is 6.69. The van der Waals surface area contributed by atoms with E-state index < -0.39 is 0 Å². The molecule has 26 heavy (non-hydrogen) atoms. The third-order valence-electron chi connectivity index (χ3n) is 4.19. The van der Waals surface area contributed by atoms with Crippen LogP contribution < -0.4 is 10.6 Å². The molecule has 2 atom stereocenters. The van der Waals surface area contributed by atoms with Crippen LogP contribution in [0.15, 0.2) is 35.3 Å². The number of nitrogens with zero attached hydrogens (tertiary/aromatic N) is 2. The molecule has 0 saturated carbocycles. The topological polar surface area (TPSA) is 58.1 Å². The maximum Gasteiger partial charge on any atom is 0.191 e. The van der Waals surface area contributed by atoms with Crippen LogP contribution in [0.4, 0.5) is 0 Å². The van der Waals surface area contributed by atoms with Crippen LogP contribution in [0.2, 0.25) is 0 Å². The molecule has 0 aliphatic carbocycles. The third kappa shape index (κ3) is 9.16. The maximum absolute atomic E-state index is 5.79. The van der Waals surface area contributed by atoms with Crippen LogP contribution in [0, 0.1) is 5.92 Å². The molecular formula is C19H33IN4O2. The molecule has 2 rings (SSSR count). The van der Waals surface area contributed by atoms with E-state index in [4.69, 9.17) is 9.47 Å². The van der Waals surface area contributed by atoms with E-state index >= 15 is 0 Å². The van der Waals surface area contributed by atoms with E-state index in [0.717, 1.165) is 45.4 Å². The number of morpholine rings is 1. The molecule has 2 unspecified atom stereocenters. The zero-order chi connectivity index (χ0) is 17.9. The Bertz CT molecular complexity index is 516. The van der Waals surface area contributed by atoms with Gasteiger partial charge in [-0.05, 0) is 18.5 Å². The van der Waals surface area contributed by atoms with Crippen molar-refractivity contribution < 1.29 is 9.47 Å². The fraction of sp³-hybridized carbons (Fsp3) is 0.632. The smallest absolute Gasteiger partial charge is 0.191 e. The molecule has 1 heterocycles. The molecule has 2 N–H and O–H groups in total. The van der Waals surface area contributed by atoms with Gasteiger partial charge < -0.3 is 25.0 Å². The summed E-state index contributed by atoms with van der Waals surface area (Å²) in [4.78, 5) is 6.57. The molecule has 1 aromatic carbocycles. The van der Waals surface area contributed by atoms with E-state index in [2.05, 4.69) is 46.6 Å². The van der Waals surface area contributed by atoms with E-state index in [9.17, 15) is 0 Å². The second kappa shape index (κ2) is 13.3. The zero-order valence-corrected chi connectivity index (χ0v) is 18.4. The number of likely N-dealkylation sites (N-methyl/N-ethyl adjacent to an activating group) is 1. The molecule has 0 bridgehead atoms. The number of nitrogens with one attached hydrogen (secondary N) is 2. The molecule has 0 amide bonds. The Morgan fingerprint density at radius 2 is 2.12 bits per heavy atom. The number of benzene rings is 1. The van der Waals surface area contributed by atoms with Crippen LogP contribution >= 0.6 is 24.0 Å². The fourth-order valence-electron chi connectivity index (χ4n) is 2.70. The average molecular weight is 476 g/mol. The van der Waals surface area contributed by atoms with Gasteiger partial charge in [-0.1, -0.05) is 37.3 Å². The van der Waals surface area contributed by atoms with Gasteiger partial charge in [0.25, 0.3) is 0 Å². The molecule has 7 heteroatoms. The number of aliphatic imine (C=N–C) groups is 1. The van der Waals surface area contributed by atoms with Crippen molar-refractivity contribution >= 4 is 29.9 Å². The molecule has 1 aliphatic rings. The summed E-state index contributed by atoms with van der Waals surface area (Å²) >= 11 is 0. The predicted molar refractivity (Wildman–Crippen MR) is 117 cm³/mol. The van der Waals surface area contributed by atoms with Crippen molar-refractivity contribution in [2.45, 2.75) is 19.6 Å². The first-order chi connectivity index (χ1) is 12.2. The van der Waals surface area contributed by atoms with E-state index in [-0.39, 0.29) is 30.1 Å². The van der Waals surface area contributed by atoms with Crippen molar-refractivity contribution in [3.05, 3.63) is 35.9 Å². The number of halogens is 1. The summed E-state index contributed by atoms with van der Waals surface area (Å²) in [5.41, 5.74) is 1.21. The molecule has 6 nitrogen and oxygen atoms in total. The second-order valence-electron chi connectivity index (χ2n) is 6.69. The van der Waals surface area contributed by atoms with Gasteiger partial charge in [0.15, 0.2) is 5.96 Å². The molecule has 0 spiro atoms. The summed E-state index contributed by atoms with van der Waals surface area (Å²) in [6.07, 6.45) is 0.212. The Morgan fingerprint density at radius 1 is 1.35 bits per heavy atom. The number of hydrogen-bond acceptors (Lipinski definition) is 4. The van der Waals surface area contributed by atoms with Gasteiger partial charge in [0.1, 0.15) is 0 Å². The predicted octanol–water partition coefficient (Wildman–Crippen LogP) is 1.95. The normalized spacial score (nSPS) is 19.5. The molecule has 0 aromatic heterocycles. The summed E-state index contributed by atoms with van der Waals surface area (Å²) in [7, 11) is 3.92. The molecule has 0 radical (unpaired) electrons. The van der Waals surface area contributed by atoms with Crippen LogP contribution in [0.1, 0.15) is 12.5 Å². The standard InChI is InChI=1S/C19H32N4O2.HI/c1-16(14-24-15-17-7-5-4-6-8-17)11-21-19(20-2)22-12-18-13-23(3)9-10-25-18;/h4-8,16,18H,9-15H2,1-3H3,(H2,20,21,22);1H. The highest BCUT2D eigenvalue weighted by molar-refractivity contribution is 14.0. The highest BCUT2D eigenvalue weighted by Gasteiger charge is 2.17. The first kappa shape index (κ1) is 23.1. The quantitative estimate of drug-likeness (QED) is 0.342. The Balaban J connectivity index is 0.00000338. The lowest BCUT2D eigenvalue weighted by molar-refractivity contribution is -0.0161. The third-order valence-corrected chi connectivity index (χ3v) is 4.19. The lowest BCUT2D eigenvalue weighted by Crippen LogP contribution is -2.48. The monoisotopic (exact) mass is 476 g/mol. The Labute approximate surface area is 174 Å². The zero-order valence-electron chi connectivity index (χ0n) is 16.1. The van der Waals surface area contributed by atoms with E-state index in [1.165, 1.54) is 5.56 Å². The number of ether oxygens (including phenoxy) is 2. The van der Waals surface area contributed by atoms with Crippen LogP contribution in [0.25, 0.3) is 0 Å². The maximum atomic E-state index is 5.79. The van der Waals surface area contributed by atoms with Crippen LogP contribution in [-0.4, -0.2) is 70.5 Å². The minimum Gasteiger partial charge on any atom is -0.376 e. The van der Waals surface area contributed by atoms with Gasteiger partial charge in [0, 0.05) is 33.2 Å². The molecule has 1 aromatic rings. The minimum atomic E-state index is 0. The van der Waals surface area contributed by atoms with E-state index in [1.54, 1.807) is 7.05 Å². The van der Waals surface area contributed by atoms with Gasteiger partial charge in [0.05, 0.1) is 25.9 Å². The summed E-state index contributed by atoms with van der Waals surface area (Å²) in [5, 5.41) is 6.70. The first-order valence-corrected chi connectivity index (χ1v) is 9.03. The van der Waals surface area contributed by atoms with Gasteiger partial charge in [0.2, 0.25) is 0 Å². The van der Waals surface area contributed by atoms with Gasteiger partial charge in [-0.2, -0.15) is 0 Å². The van der Waals surface area contributed by atoms with Crippen molar-refractivity contribution in [1.82, 2.24) is 15.5 Å². The van der Waals surface area contributed by atoms with Crippen molar-refractivity contribution in [3.63, 3.8) is 0 Å². The lowest BCUT2D eigenvalue weighted by atomic mass is 10.2.